The van der Waals surface area contributed by atoms with Crippen molar-refractivity contribution in [3.05, 3.63) is 35.4 Å². The van der Waals surface area contributed by atoms with Gasteiger partial charge in [0.15, 0.2) is 0 Å². The number of nitrogens with zero attached hydrogens (tertiary/aromatic N) is 1. The van der Waals surface area contributed by atoms with Crippen LogP contribution >= 0.6 is 0 Å². The summed E-state index contributed by atoms with van der Waals surface area (Å²) in [7, 11) is 3.55. The van der Waals surface area contributed by atoms with Crippen LogP contribution in [0.1, 0.15) is 37.3 Å². The van der Waals surface area contributed by atoms with Crippen molar-refractivity contribution in [3.8, 4) is 0 Å². The number of carbonyl (C=O) groups excluding carboxylic acids is 1. The maximum atomic E-state index is 12.8. The van der Waals surface area contributed by atoms with E-state index < -0.39 is 5.41 Å². The average Bonchev–Trinajstić information content (AvgIpc) is 2.97. The highest BCUT2D eigenvalue weighted by Crippen LogP contribution is 2.28. The Morgan fingerprint density at radius 3 is 2.55 bits per heavy atom. The average molecular weight is 304 g/mol. The van der Waals surface area contributed by atoms with Gasteiger partial charge in [-0.15, -0.1) is 0 Å². The molecule has 4 nitrogen and oxygen atoms in total. The van der Waals surface area contributed by atoms with E-state index in [9.17, 15) is 4.79 Å². The van der Waals surface area contributed by atoms with Crippen molar-refractivity contribution in [3.63, 3.8) is 0 Å². The molecule has 22 heavy (non-hydrogen) atoms. The summed E-state index contributed by atoms with van der Waals surface area (Å²) in [5, 5.41) is 3.29. The largest absolute Gasteiger partial charge is 0.384 e. The molecule has 1 saturated heterocycles. The molecule has 1 atom stereocenters. The first-order chi connectivity index (χ1) is 10.5. The fourth-order valence-corrected chi connectivity index (χ4v) is 3.15. The predicted octanol–water partition coefficient (Wildman–Crippen LogP) is 2.39. The van der Waals surface area contributed by atoms with Crippen molar-refractivity contribution in [1.82, 2.24) is 10.2 Å². The van der Waals surface area contributed by atoms with Gasteiger partial charge < -0.3 is 15.0 Å². The van der Waals surface area contributed by atoms with E-state index in [1.54, 1.807) is 7.11 Å². The summed E-state index contributed by atoms with van der Waals surface area (Å²) in [5.74, 6) is 0.704. The first-order valence-electron chi connectivity index (χ1n) is 8.02. The molecule has 0 spiro atoms. The van der Waals surface area contributed by atoms with Gasteiger partial charge in [-0.1, -0.05) is 38.1 Å². The lowest BCUT2D eigenvalue weighted by atomic mass is 9.86. The van der Waals surface area contributed by atoms with Crippen molar-refractivity contribution >= 4 is 5.91 Å². The molecule has 0 aromatic heterocycles. The Labute approximate surface area is 133 Å². The predicted molar refractivity (Wildman–Crippen MR) is 88.8 cm³/mol. The summed E-state index contributed by atoms with van der Waals surface area (Å²) in [6.45, 7) is 7.08. The summed E-state index contributed by atoms with van der Waals surface area (Å²) in [6, 6.07) is 8.55. The molecule has 2 rings (SSSR count). The Morgan fingerprint density at radius 1 is 1.36 bits per heavy atom. The minimum atomic E-state index is -0.401. The van der Waals surface area contributed by atoms with E-state index in [2.05, 4.69) is 43.4 Å². The number of rotatable bonds is 6. The molecule has 1 N–H and O–H groups in total. The van der Waals surface area contributed by atoms with Gasteiger partial charge in [0.05, 0.1) is 12.0 Å². The van der Waals surface area contributed by atoms with Gasteiger partial charge in [-0.25, -0.2) is 0 Å². The minimum Gasteiger partial charge on any atom is -0.384 e. The third-order valence-corrected chi connectivity index (χ3v) is 4.53. The van der Waals surface area contributed by atoms with Crippen molar-refractivity contribution in [2.24, 2.45) is 5.41 Å². The van der Waals surface area contributed by atoms with Crippen LogP contribution < -0.4 is 5.32 Å². The Hall–Kier alpha value is -1.39. The molecule has 1 aliphatic heterocycles. The summed E-state index contributed by atoms with van der Waals surface area (Å²) >= 11 is 0. The van der Waals surface area contributed by atoms with Gasteiger partial charge in [-0.3, -0.25) is 4.79 Å². The number of carbonyl (C=O) groups is 1. The van der Waals surface area contributed by atoms with E-state index in [0.29, 0.717) is 25.6 Å². The lowest BCUT2D eigenvalue weighted by Gasteiger charge is -2.31. The second-order valence-electron chi connectivity index (χ2n) is 6.70. The molecule has 122 valence electrons. The maximum absolute atomic E-state index is 12.8. The Balaban J connectivity index is 2.04. The van der Waals surface area contributed by atoms with Gasteiger partial charge in [0.25, 0.3) is 0 Å². The van der Waals surface area contributed by atoms with Crippen molar-refractivity contribution in [1.29, 1.82) is 0 Å². The zero-order valence-electron chi connectivity index (χ0n) is 14.2. The highest BCUT2D eigenvalue weighted by atomic mass is 16.5. The number of hydrogen-bond acceptors (Lipinski definition) is 3. The lowest BCUT2D eigenvalue weighted by molar-refractivity contribution is -0.143. The fourth-order valence-electron chi connectivity index (χ4n) is 3.15. The monoisotopic (exact) mass is 304 g/mol. The molecule has 0 saturated carbocycles. The number of benzene rings is 1. The molecule has 4 heteroatoms. The zero-order chi connectivity index (χ0) is 16.2. The number of ether oxygens (including phenoxy) is 1. The summed E-state index contributed by atoms with van der Waals surface area (Å²) in [6.07, 6.45) is 0.844. The molecule has 1 unspecified atom stereocenters. The summed E-state index contributed by atoms with van der Waals surface area (Å²) in [5.41, 5.74) is 2.09. The maximum Gasteiger partial charge on any atom is 0.232 e. The standard InChI is InChI=1S/C18H28N2O2/c1-14(2)16-7-5-15(6-8-16)11-20(3)17(21)18(13-22-4)9-10-19-12-18/h5-8,14,19H,9-13H2,1-4H3. The van der Waals surface area contributed by atoms with Gasteiger partial charge in [0, 0.05) is 27.2 Å². The molecule has 0 radical (unpaired) electrons. The smallest absolute Gasteiger partial charge is 0.232 e. The first kappa shape index (κ1) is 17.0. The molecule has 1 aromatic carbocycles. The molecule has 0 bridgehead atoms. The molecule has 0 aliphatic carbocycles. The fraction of sp³-hybridized carbons (Fsp3) is 0.611. The number of hydrogen-bond donors (Lipinski definition) is 1. The van der Waals surface area contributed by atoms with Gasteiger partial charge in [-0.05, 0) is 30.0 Å². The molecule has 1 aromatic rings. The first-order valence-corrected chi connectivity index (χ1v) is 8.02. The second-order valence-corrected chi connectivity index (χ2v) is 6.70. The van der Waals surface area contributed by atoms with Crippen LogP contribution in [0.3, 0.4) is 0 Å². The van der Waals surface area contributed by atoms with Crippen LogP contribution in [-0.4, -0.2) is 44.7 Å². The molecule has 1 amide bonds. The van der Waals surface area contributed by atoms with Crippen LogP contribution in [-0.2, 0) is 16.1 Å². The van der Waals surface area contributed by atoms with Gasteiger partial charge >= 0.3 is 0 Å². The minimum absolute atomic E-state index is 0.173. The lowest BCUT2D eigenvalue weighted by Crippen LogP contribution is -2.46. The van der Waals surface area contributed by atoms with E-state index in [-0.39, 0.29) is 5.91 Å². The summed E-state index contributed by atoms with van der Waals surface area (Å²) < 4.78 is 5.31. The summed E-state index contributed by atoms with van der Waals surface area (Å²) in [4.78, 5) is 14.7. The SMILES string of the molecule is COCC1(C(=O)N(C)Cc2ccc(C(C)C)cc2)CCNC1. The van der Waals surface area contributed by atoms with Crippen LogP contribution in [0, 0.1) is 5.41 Å². The van der Waals surface area contributed by atoms with Crippen LogP contribution in [0.4, 0.5) is 0 Å². The Morgan fingerprint density at radius 2 is 2.05 bits per heavy atom. The number of amides is 1. The van der Waals surface area contributed by atoms with Crippen molar-refractivity contribution < 1.29 is 9.53 Å². The van der Waals surface area contributed by atoms with E-state index in [0.717, 1.165) is 13.0 Å². The zero-order valence-corrected chi connectivity index (χ0v) is 14.2. The Kier molecular flexibility index (Phi) is 5.59. The quantitative estimate of drug-likeness (QED) is 0.877. The third kappa shape index (κ3) is 3.68. The number of methoxy groups -OCH3 is 1. The topological polar surface area (TPSA) is 41.6 Å². The van der Waals surface area contributed by atoms with Crippen LogP contribution in [0.15, 0.2) is 24.3 Å². The Bertz CT molecular complexity index is 490. The van der Waals surface area contributed by atoms with Gasteiger partial charge in [-0.2, -0.15) is 0 Å². The van der Waals surface area contributed by atoms with E-state index in [4.69, 9.17) is 4.74 Å². The third-order valence-electron chi connectivity index (χ3n) is 4.53. The van der Waals surface area contributed by atoms with E-state index in [1.807, 2.05) is 11.9 Å². The van der Waals surface area contributed by atoms with Gasteiger partial charge in [0.1, 0.15) is 0 Å². The molecular formula is C18H28N2O2. The molecular weight excluding hydrogens is 276 g/mol. The van der Waals surface area contributed by atoms with Crippen molar-refractivity contribution in [2.75, 3.05) is 33.9 Å². The molecule has 1 aliphatic rings. The van der Waals surface area contributed by atoms with Crippen molar-refractivity contribution in [2.45, 2.75) is 32.7 Å². The van der Waals surface area contributed by atoms with E-state index in [1.165, 1.54) is 11.1 Å². The highest BCUT2D eigenvalue weighted by Gasteiger charge is 2.42. The number of nitrogens with one attached hydrogen (secondary N) is 1. The van der Waals surface area contributed by atoms with Crippen LogP contribution in [0.25, 0.3) is 0 Å². The van der Waals surface area contributed by atoms with Gasteiger partial charge in [0.2, 0.25) is 5.91 Å². The van der Waals surface area contributed by atoms with Crippen LogP contribution in [0.2, 0.25) is 0 Å². The normalized spacial score (nSPS) is 21.3. The highest BCUT2D eigenvalue weighted by molar-refractivity contribution is 5.83. The second kappa shape index (κ2) is 7.25. The molecule has 1 heterocycles. The molecule has 1 fully saturated rings. The van der Waals surface area contributed by atoms with Crippen LogP contribution in [0.5, 0.6) is 0 Å². The van der Waals surface area contributed by atoms with E-state index >= 15 is 0 Å².